The van der Waals surface area contributed by atoms with Gasteiger partial charge in [0.2, 0.25) is 0 Å². The summed E-state index contributed by atoms with van der Waals surface area (Å²) < 4.78 is 0. The number of nitrogens with zero attached hydrogens (tertiary/aromatic N) is 2. The Morgan fingerprint density at radius 2 is 1.48 bits per heavy atom. The van der Waals surface area contributed by atoms with Crippen molar-refractivity contribution in [1.29, 1.82) is 0 Å². The molecule has 3 aromatic rings. The van der Waals surface area contributed by atoms with Crippen molar-refractivity contribution in [2.75, 3.05) is 6.61 Å². The van der Waals surface area contributed by atoms with Crippen LogP contribution in [0.15, 0.2) is 67.1 Å². The first-order valence-electron chi connectivity index (χ1n) is 6.93. The van der Waals surface area contributed by atoms with Gasteiger partial charge in [-0.25, -0.2) is 0 Å². The molecular formula is C18H16N2O. The quantitative estimate of drug-likeness (QED) is 0.795. The summed E-state index contributed by atoms with van der Waals surface area (Å²) in [7, 11) is 0. The molecule has 0 unspecified atom stereocenters. The van der Waals surface area contributed by atoms with E-state index in [0.29, 0.717) is 6.42 Å². The second-order valence-corrected chi connectivity index (χ2v) is 4.84. The Labute approximate surface area is 124 Å². The predicted octanol–water partition coefficient (Wildman–Crippen LogP) is 3.35. The molecule has 0 radical (unpaired) electrons. The third-order valence-corrected chi connectivity index (χ3v) is 3.43. The summed E-state index contributed by atoms with van der Waals surface area (Å²) in [6.45, 7) is 0.182. The van der Waals surface area contributed by atoms with Crippen molar-refractivity contribution in [1.82, 2.24) is 9.97 Å². The van der Waals surface area contributed by atoms with Crippen LogP contribution in [-0.2, 0) is 6.42 Å². The first kappa shape index (κ1) is 13.5. The fourth-order valence-corrected chi connectivity index (χ4v) is 2.25. The van der Waals surface area contributed by atoms with Gasteiger partial charge in [-0.3, -0.25) is 9.97 Å². The molecule has 0 saturated carbocycles. The minimum Gasteiger partial charge on any atom is -0.396 e. The van der Waals surface area contributed by atoms with Gasteiger partial charge in [0.1, 0.15) is 0 Å². The van der Waals surface area contributed by atoms with Crippen molar-refractivity contribution >= 4 is 0 Å². The molecule has 0 aliphatic carbocycles. The van der Waals surface area contributed by atoms with E-state index in [1.54, 1.807) is 12.4 Å². The number of aliphatic hydroxyl groups excluding tert-OH is 1. The first-order chi connectivity index (χ1) is 10.4. The van der Waals surface area contributed by atoms with Crippen LogP contribution in [0.2, 0.25) is 0 Å². The van der Waals surface area contributed by atoms with E-state index < -0.39 is 0 Å². The van der Waals surface area contributed by atoms with Crippen molar-refractivity contribution in [3.05, 3.63) is 72.7 Å². The van der Waals surface area contributed by atoms with Crippen LogP contribution >= 0.6 is 0 Å². The topological polar surface area (TPSA) is 46.0 Å². The molecule has 3 heteroatoms. The monoisotopic (exact) mass is 276 g/mol. The minimum absolute atomic E-state index is 0.182. The summed E-state index contributed by atoms with van der Waals surface area (Å²) >= 11 is 0. The molecule has 1 N–H and O–H groups in total. The van der Waals surface area contributed by atoms with Crippen LogP contribution in [0.4, 0.5) is 0 Å². The van der Waals surface area contributed by atoms with E-state index in [0.717, 1.165) is 27.9 Å². The van der Waals surface area contributed by atoms with Crippen LogP contribution in [0.5, 0.6) is 0 Å². The number of pyridine rings is 2. The molecule has 0 fully saturated rings. The Balaban J connectivity index is 1.84. The second-order valence-electron chi connectivity index (χ2n) is 4.84. The standard InChI is InChI=1S/C18H16N2O/c21-12-9-14-1-3-15(4-2-14)17-5-6-18(20-13-17)16-7-10-19-11-8-16/h1-8,10-11,13,21H,9,12H2. The van der Waals surface area contributed by atoms with Gasteiger partial charge in [-0.1, -0.05) is 30.3 Å². The van der Waals surface area contributed by atoms with Crippen LogP contribution in [0.25, 0.3) is 22.4 Å². The minimum atomic E-state index is 0.182. The van der Waals surface area contributed by atoms with E-state index in [9.17, 15) is 0 Å². The van der Waals surface area contributed by atoms with E-state index in [1.807, 2.05) is 36.5 Å². The van der Waals surface area contributed by atoms with E-state index in [4.69, 9.17) is 5.11 Å². The van der Waals surface area contributed by atoms with Gasteiger partial charge in [-0.05, 0) is 35.7 Å². The smallest absolute Gasteiger partial charge is 0.0703 e. The highest BCUT2D eigenvalue weighted by molar-refractivity contribution is 5.66. The molecule has 1 aromatic carbocycles. The number of rotatable bonds is 4. The van der Waals surface area contributed by atoms with Crippen LogP contribution in [0.3, 0.4) is 0 Å². The van der Waals surface area contributed by atoms with Crippen LogP contribution in [0, 0.1) is 0 Å². The average Bonchev–Trinajstić information content (AvgIpc) is 2.57. The van der Waals surface area contributed by atoms with Gasteiger partial charge < -0.3 is 5.11 Å². The molecule has 0 spiro atoms. The lowest BCUT2D eigenvalue weighted by atomic mass is 10.0. The fraction of sp³-hybridized carbons (Fsp3) is 0.111. The first-order valence-corrected chi connectivity index (χ1v) is 6.93. The highest BCUT2D eigenvalue weighted by Gasteiger charge is 2.01. The lowest BCUT2D eigenvalue weighted by Crippen LogP contribution is -1.90. The van der Waals surface area contributed by atoms with Gasteiger partial charge >= 0.3 is 0 Å². The van der Waals surface area contributed by atoms with Gasteiger partial charge in [0, 0.05) is 36.3 Å². The molecule has 0 aliphatic heterocycles. The van der Waals surface area contributed by atoms with Crippen LogP contribution in [-0.4, -0.2) is 21.7 Å². The molecule has 0 amide bonds. The maximum absolute atomic E-state index is 8.93. The van der Waals surface area contributed by atoms with Crippen molar-refractivity contribution in [3.8, 4) is 22.4 Å². The molecule has 3 nitrogen and oxygen atoms in total. The number of aromatic nitrogens is 2. The molecule has 0 bridgehead atoms. The Bertz CT molecular complexity index is 692. The molecule has 104 valence electrons. The Morgan fingerprint density at radius 1 is 0.762 bits per heavy atom. The van der Waals surface area contributed by atoms with Crippen molar-refractivity contribution < 1.29 is 5.11 Å². The highest BCUT2D eigenvalue weighted by atomic mass is 16.2. The molecule has 0 aliphatic rings. The third-order valence-electron chi connectivity index (χ3n) is 3.43. The Morgan fingerprint density at radius 3 is 2.10 bits per heavy atom. The normalized spacial score (nSPS) is 10.5. The maximum Gasteiger partial charge on any atom is 0.0703 e. The summed E-state index contributed by atoms with van der Waals surface area (Å²) in [5, 5.41) is 8.93. The Kier molecular flexibility index (Phi) is 4.03. The van der Waals surface area contributed by atoms with E-state index in [2.05, 4.69) is 28.2 Å². The number of aliphatic hydroxyl groups is 1. The molecule has 2 aromatic heterocycles. The third kappa shape index (κ3) is 3.15. The number of hydrogen-bond acceptors (Lipinski definition) is 3. The summed E-state index contributed by atoms with van der Waals surface area (Å²) in [6, 6.07) is 16.2. The Hall–Kier alpha value is -2.52. The zero-order chi connectivity index (χ0) is 14.5. The fourth-order valence-electron chi connectivity index (χ4n) is 2.25. The summed E-state index contributed by atoms with van der Waals surface area (Å²) in [6.07, 6.45) is 6.12. The number of hydrogen-bond donors (Lipinski definition) is 1. The second kappa shape index (κ2) is 6.29. The summed E-state index contributed by atoms with van der Waals surface area (Å²) in [5.74, 6) is 0. The molecule has 3 rings (SSSR count). The van der Waals surface area contributed by atoms with Crippen molar-refractivity contribution in [2.45, 2.75) is 6.42 Å². The molecule has 21 heavy (non-hydrogen) atoms. The van der Waals surface area contributed by atoms with Gasteiger partial charge in [-0.15, -0.1) is 0 Å². The SMILES string of the molecule is OCCc1ccc(-c2ccc(-c3ccncc3)nc2)cc1. The van der Waals surface area contributed by atoms with Crippen LogP contribution < -0.4 is 0 Å². The predicted molar refractivity (Wildman–Crippen MR) is 83.7 cm³/mol. The summed E-state index contributed by atoms with van der Waals surface area (Å²) in [4.78, 5) is 8.53. The molecular weight excluding hydrogens is 260 g/mol. The molecule has 0 saturated heterocycles. The van der Waals surface area contributed by atoms with Crippen LogP contribution in [0.1, 0.15) is 5.56 Å². The molecule has 2 heterocycles. The van der Waals surface area contributed by atoms with Crippen molar-refractivity contribution in [3.63, 3.8) is 0 Å². The zero-order valence-corrected chi connectivity index (χ0v) is 11.6. The van der Waals surface area contributed by atoms with Gasteiger partial charge in [-0.2, -0.15) is 0 Å². The summed E-state index contributed by atoms with van der Waals surface area (Å²) in [5.41, 5.74) is 5.37. The van der Waals surface area contributed by atoms with E-state index in [-0.39, 0.29) is 6.61 Å². The maximum atomic E-state index is 8.93. The van der Waals surface area contributed by atoms with Crippen molar-refractivity contribution in [2.24, 2.45) is 0 Å². The van der Waals surface area contributed by atoms with E-state index >= 15 is 0 Å². The zero-order valence-electron chi connectivity index (χ0n) is 11.6. The lowest BCUT2D eigenvalue weighted by Gasteiger charge is -2.05. The average molecular weight is 276 g/mol. The van der Waals surface area contributed by atoms with Gasteiger partial charge in [0.25, 0.3) is 0 Å². The number of benzene rings is 1. The molecule has 0 atom stereocenters. The van der Waals surface area contributed by atoms with E-state index in [1.165, 1.54) is 0 Å². The highest BCUT2D eigenvalue weighted by Crippen LogP contribution is 2.22. The van der Waals surface area contributed by atoms with Gasteiger partial charge in [0.05, 0.1) is 5.69 Å². The lowest BCUT2D eigenvalue weighted by molar-refractivity contribution is 0.299. The van der Waals surface area contributed by atoms with Gasteiger partial charge in [0.15, 0.2) is 0 Å². The largest absolute Gasteiger partial charge is 0.396 e.